The molecule has 1 heterocycles. The van der Waals surface area contributed by atoms with Gasteiger partial charge in [0.2, 0.25) is 0 Å². The molecule has 6 aromatic carbocycles. The Morgan fingerprint density at radius 1 is 0.510 bits per heavy atom. The second kappa shape index (κ2) is 10.2. The zero-order chi connectivity index (χ0) is 34.0. The lowest BCUT2D eigenvalue weighted by Crippen LogP contribution is -2.19. The van der Waals surface area contributed by atoms with Gasteiger partial charge in [-0.1, -0.05) is 121 Å². The summed E-state index contributed by atoms with van der Waals surface area (Å²) >= 11 is 1.90. The fourth-order valence-corrected chi connectivity index (χ4v) is 9.83. The van der Waals surface area contributed by atoms with Crippen LogP contribution >= 0.6 is 11.3 Å². The monoisotopic (exact) mass is 653 g/mol. The highest BCUT2D eigenvalue weighted by Gasteiger charge is 2.38. The Bertz CT molecular complexity index is 2500. The molecule has 1 aromatic heterocycles. The summed E-state index contributed by atoms with van der Waals surface area (Å²) in [6.45, 7) is 18.7. The van der Waals surface area contributed by atoms with Gasteiger partial charge in [0.15, 0.2) is 0 Å². The van der Waals surface area contributed by atoms with Gasteiger partial charge in [0.05, 0.1) is 0 Å². The van der Waals surface area contributed by atoms with Crippen molar-refractivity contribution in [2.45, 2.75) is 71.6 Å². The van der Waals surface area contributed by atoms with Gasteiger partial charge in [-0.25, -0.2) is 0 Å². The maximum atomic E-state index is 2.50. The van der Waals surface area contributed by atoms with Crippen molar-refractivity contribution in [2.24, 2.45) is 0 Å². The van der Waals surface area contributed by atoms with Crippen LogP contribution < -0.4 is 4.90 Å². The molecule has 9 rings (SSSR count). The molecule has 7 aromatic rings. The number of thiophene rings is 1. The van der Waals surface area contributed by atoms with Gasteiger partial charge < -0.3 is 4.90 Å². The Labute approximate surface area is 294 Å². The fraction of sp³-hybridized carbons (Fsp3) is 0.234. The van der Waals surface area contributed by atoms with Gasteiger partial charge in [-0.3, -0.25) is 0 Å². The van der Waals surface area contributed by atoms with E-state index in [2.05, 4.69) is 176 Å². The van der Waals surface area contributed by atoms with E-state index in [1.165, 1.54) is 92.9 Å². The third-order valence-corrected chi connectivity index (χ3v) is 12.9. The van der Waals surface area contributed by atoms with Crippen LogP contribution in [0.15, 0.2) is 115 Å². The normalized spacial score (nSPS) is 15.3. The Morgan fingerprint density at radius 3 is 1.73 bits per heavy atom. The van der Waals surface area contributed by atoms with Crippen LogP contribution in [0, 0.1) is 6.92 Å². The molecular formula is C47H43NS. The molecule has 0 N–H and O–H groups in total. The lowest BCUT2D eigenvalue weighted by atomic mass is 9.79. The molecule has 0 saturated carbocycles. The minimum atomic E-state index is -0.111. The van der Waals surface area contributed by atoms with Crippen molar-refractivity contribution in [3.05, 3.63) is 149 Å². The van der Waals surface area contributed by atoms with E-state index in [1.807, 2.05) is 11.3 Å². The van der Waals surface area contributed by atoms with Gasteiger partial charge in [0.25, 0.3) is 0 Å². The summed E-state index contributed by atoms with van der Waals surface area (Å²) in [7, 11) is 0. The zero-order valence-electron chi connectivity index (χ0n) is 29.8. The predicted molar refractivity (Wildman–Crippen MR) is 213 cm³/mol. The van der Waals surface area contributed by atoms with Gasteiger partial charge in [0.1, 0.15) is 0 Å². The molecule has 0 spiro atoms. The first kappa shape index (κ1) is 30.4. The second-order valence-electron chi connectivity index (χ2n) is 16.3. The first-order chi connectivity index (χ1) is 23.3. The molecule has 49 heavy (non-hydrogen) atoms. The van der Waals surface area contributed by atoms with Crippen LogP contribution in [0.3, 0.4) is 0 Å². The first-order valence-electron chi connectivity index (χ1n) is 17.6. The summed E-state index contributed by atoms with van der Waals surface area (Å²) in [4.78, 5) is 2.50. The fourth-order valence-electron chi connectivity index (χ4n) is 8.68. The van der Waals surface area contributed by atoms with Crippen LogP contribution in [0.4, 0.5) is 17.1 Å². The molecular weight excluding hydrogens is 611 g/mol. The molecule has 0 bridgehead atoms. The van der Waals surface area contributed by atoms with E-state index in [0.29, 0.717) is 0 Å². The summed E-state index contributed by atoms with van der Waals surface area (Å²) < 4.78 is 2.71. The van der Waals surface area contributed by atoms with Crippen LogP contribution in [-0.2, 0) is 16.2 Å². The molecule has 0 atom stereocenters. The van der Waals surface area contributed by atoms with E-state index >= 15 is 0 Å². The maximum absolute atomic E-state index is 2.50. The molecule has 1 nitrogen and oxygen atoms in total. The van der Waals surface area contributed by atoms with Gasteiger partial charge in [-0.2, -0.15) is 0 Å². The second-order valence-corrected chi connectivity index (χ2v) is 17.4. The lowest BCUT2D eigenvalue weighted by molar-refractivity contribution is 0.584. The molecule has 2 heteroatoms. The predicted octanol–water partition coefficient (Wildman–Crippen LogP) is 13.7. The van der Waals surface area contributed by atoms with Crippen LogP contribution in [-0.4, -0.2) is 0 Å². The van der Waals surface area contributed by atoms with Crippen molar-refractivity contribution in [3.63, 3.8) is 0 Å². The van der Waals surface area contributed by atoms with Crippen LogP contribution in [0.2, 0.25) is 0 Å². The molecule has 0 fully saturated rings. The third kappa shape index (κ3) is 4.36. The van der Waals surface area contributed by atoms with E-state index in [0.717, 1.165) is 0 Å². The highest BCUT2D eigenvalue weighted by Crippen LogP contribution is 2.54. The van der Waals surface area contributed by atoms with Crippen molar-refractivity contribution < 1.29 is 0 Å². The molecule has 242 valence electrons. The summed E-state index contributed by atoms with van der Waals surface area (Å²) in [5.74, 6) is 0. The quantitative estimate of drug-likeness (QED) is 0.183. The molecule has 0 aliphatic heterocycles. The summed E-state index contributed by atoms with van der Waals surface area (Å²) in [5.41, 5.74) is 17.2. The van der Waals surface area contributed by atoms with E-state index in [-0.39, 0.29) is 16.2 Å². The van der Waals surface area contributed by atoms with Crippen LogP contribution in [0.1, 0.15) is 81.8 Å². The summed E-state index contributed by atoms with van der Waals surface area (Å²) in [5, 5.41) is 2.66. The highest BCUT2D eigenvalue weighted by molar-refractivity contribution is 7.26. The third-order valence-electron chi connectivity index (χ3n) is 11.5. The Hall–Kier alpha value is -4.66. The van der Waals surface area contributed by atoms with Crippen molar-refractivity contribution in [2.75, 3.05) is 4.90 Å². The number of fused-ring (bicyclic) bond motifs is 9. The number of rotatable bonds is 3. The van der Waals surface area contributed by atoms with E-state index < -0.39 is 0 Å². The summed E-state index contributed by atoms with van der Waals surface area (Å²) in [6, 6.07) is 44.2. The number of hydrogen-bond acceptors (Lipinski definition) is 2. The van der Waals surface area contributed by atoms with Crippen LogP contribution in [0.5, 0.6) is 0 Å². The van der Waals surface area contributed by atoms with E-state index in [1.54, 1.807) is 0 Å². The molecule has 0 unspecified atom stereocenters. The van der Waals surface area contributed by atoms with Crippen molar-refractivity contribution >= 4 is 48.6 Å². The highest BCUT2D eigenvalue weighted by atomic mass is 32.1. The summed E-state index contributed by atoms with van der Waals surface area (Å²) in [6.07, 6.45) is 0. The van der Waals surface area contributed by atoms with Crippen LogP contribution in [0.25, 0.3) is 42.4 Å². The number of benzene rings is 6. The largest absolute Gasteiger partial charge is 0.310 e. The van der Waals surface area contributed by atoms with Gasteiger partial charge in [-0.05, 0) is 110 Å². The Balaban J connectivity index is 1.25. The number of hydrogen-bond donors (Lipinski definition) is 0. The first-order valence-corrected chi connectivity index (χ1v) is 18.4. The van der Waals surface area contributed by atoms with E-state index in [9.17, 15) is 0 Å². The topological polar surface area (TPSA) is 3.24 Å². The van der Waals surface area contributed by atoms with Crippen molar-refractivity contribution in [3.8, 4) is 22.3 Å². The smallest absolute Gasteiger partial charge is 0.0468 e. The van der Waals surface area contributed by atoms with Crippen molar-refractivity contribution in [1.29, 1.82) is 0 Å². The van der Waals surface area contributed by atoms with Gasteiger partial charge in [-0.15, -0.1) is 11.3 Å². The average Bonchev–Trinajstić information content (AvgIpc) is 3.65. The average molecular weight is 654 g/mol. The SMILES string of the molecule is Cc1cccc2c1sc1ccc(N(c3ccc4c(c3)C(C)(C)c3ccccc3-4)c3ccc4c(c3)C(C)(C)c3cc(C(C)(C)C)ccc3-4)cc12. The van der Waals surface area contributed by atoms with E-state index in [4.69, 9.17) is 0 Å². The molecule has 2 aliphatic carbocycles. The van der Waals surface area contributed by atoms with Gasteiger partial charge >= 0.3 is 0 Å². The number of anilines is 3. The van der Waals surface area contributed by atoms with Crippen molar-refractivity contribution in [1.82, 2.24) is 0 Å². The number of nitrogens with zero attached hydrogens (tertiary/aromatic N) is 1. The minimum absolute atomic E-state index is 0.0784. The zero-order valence-corrected chi connectivity index (χ0v) is 30.6. The molecule has 0 saturated heterocycles. The Kier molecular flexibility index (Phi) is 6.32. The maximum Gasteiger partial charge on any atom is 0.0468 e. The standard InChI is InChI=1S/C47H43NS/c1-28-12-11-14-37-38-25-30(19-23-43(38)49-44(28)37)48(31-17-21-35-33-13-9-10-15-39(33)46(5,6)41(35)26-31)32-18-22-36-34-20-16-29(45(2,3)4)24-40(34)47(7,8)42(36)27-32/h9-27H,1-8H3. The number of aryl methyl sites for hydroxylation is 1. The van der Waals surface area contributed by atoms with Gasteiger partial charge in [0, 0.05) is 48.1 Å². The Morgan fingerprint density at radius 2 is 1.06 bits per heavy atom. The molecule has 0 amide bonds. The molecule has 0 radical (unpaired) electrons. The molecule has 2 aliphatic rings. The minimum Gasteiger partial charge on any atom is -0.310 e. The lowest BCUT2D eigenvalue weighted by Gasteiger charge is -2.30.